The van der Waals surface area contributed by atoms with Crippen molar-refractivity contribution in [2.45, 2.75) is 6.92 Å². The van der Waals surface area contributed by atoms with Crippen LogP contribution in [0.3, 0.4) is 0 Å². The molecule has 0 atom stereocenters. The Hall–Kier alpha value is -3.81. The number of benzene rings is 2. The minimum Gasteiger partial charge on any atom is -0.462 e. The van der Waals surface area contributed by atoms with Gasteiger partial charge in [0.1, 0.15) is 5.82 Å². The maximum absolute atomic E-state index is 12.1. The molecular weight excluding hydrogens is 360 g/mol. The number of esters is 1. The van der Waals surface area contributed by atoms with E-state index in [0.29, 0.717) is 41.1 Å². The summed E-state index contributed by atoms with van der Waals surface area (Å²) in [7, 11) is 0. The third kappa shape index (κ3) is 3.80. The molecule has 3 aromatic rings. The van der Waals surface area contributed by atoms with Crippen molar-refractivity contribution in [1.82, 2.24) is 9.97 Å². The molecule has 0 amide bonds. The number of ether oxygens (including phenoxy) is 3. The molecule has 28 heavy (non-hydrogen) atoms. The summed E-state index contributed by atoms with van der Waals surface area (Å²) >= 11 is 0. The molecule has 0 saturated carbocycles. The molecule has 142 valence electrons. The molecule has 0 radical (unpaired) electrons. The number of para-hydroxylation sites is 1. The highest BCUT2D eigenvalue weighted by molar-refractivity contribution is 5.96. The zero-order valence-electron chi connectivity index (χ0n) is 15.1. The molecule has 0 spiro atoms. The van der Waals surface area contributed by atoms with Crippen LogP contribution in [0.4, 0.5) is 23.1 Å². The van der Waals surface area contributed by atoms with Crippen LogP contribution >= 0.6 is 0 Å². The van der Waals surface area contributed by atoms with Gasteiger partial charge in [0.25, 0.3) is 0 Å². The van der Waals surface area contributed by atoms with Crippen LogP contribution in [0.1, 0.15) is 17.3 Å². The van der Waals surface area contributed by atoms with Gasteiger partial charge in [-0.3, -0.25) is 0 Å². The summed E-state index contributed by atoms with van der Waals surface area (Å²) in [5, 5.41) is 6.27. The van der Waals surface area contributed by atoms with Gasteiger partial charge in [-0.15, -0.1) is 0 Å². The van der Waals surface area contributed by atoms with E-state index < -0.39 is 5.97 Å². The van der Waals surface area contributed by atoms with Crippen LogP contribution < -0.4 is 20.1 Å². The van der Waals surface area contributed by atoms with E-state index in [0.717, 1.165) is 5.69 Å². The van der Waals surface area contributed by atoms with E-state index in [-0.39, 0.29) is 6.79 Å². The highest BCUT2D eigenvalue weighted by Crippen LogP contribution is 2.35. The summed E-state index contributed by atoms with van der Waals surface area (Å²) in [6.07, 6.45) is 1.62. The van der Waals surface area contributed by atoms with Crippen molar-refractivity contribution in [3.8, 4) is 11.5 Å². The number of nitrogens with one attached hydrogen (secondary N) is 2. The number of hydrogen-bond donors (Lipinski definition) is 2. The first-order valence-corrected chi connectivity index (χ1v) is 8.76. The van der Waals surface area contributed by atoms with Gasteiger partial charge in [-0.05, 0) is 37.3 Å². The minimum atomic E-state index is -0.403. The second-order valence-corrected chi connectivity index (χ2v) is 5.85. The molecule has 0 saturated heterocycles. The molecule has 2 aromatic carbocycles. The van der Waals surface area contributed by atoms with E-state index in [1.165, 1.54) is 0 Å². The number of aromatic nitrogens is 2. The van der Waals surface area contributed by atoms with E-state index in [9.17, 15) is 4.79 Å². The molecule has 0 aliphatic carbocycles. The first kappa shape index (κ1) is 17.6. The third-order valence-corrected chi connectivity index (χ3v) is 3.97. The predicted molar refractivity (Wildman–Crippen MR) is 104 cm³/mol. The van der Waals surface area contributed by atoms with E-state index in [1.54, 1.807) is 37.4 Å². The Balaban J connectivity index is 1.53. The van der Waals surface area contributed by atoms with E-state index in [1.807, 2.05) is 24.3 Å². The standard InChI is InChI=1S/C20H18N4O4/c1-2-26-19(25)14-5-3-4-6-15(14)23-20-21-10-9-18(24-20)22-13-7-8-16-17(11-13)28-12-27-16/h3-11H,2,12H2,1H3,(H2,21,22,23,24). The smallest absolute Gasteiger partial charge is 0.340 e. The average molecular weight is 378 g/mol. The molecule has 8 heteroatoms. The van der Waals surface area contributed by atoms with Crippen molar-refractivity contribution in [3.05, 3.63) is 60.3 Å². The normalized spacial score (nSPS) is 11.8. The fourth-order valence-corrected chi connectivity index (χ4v) is 2.71. The van der Waals surface area contributed by atoms with Crippen molar-refractivity contribution >= 4 is 29.1 Å². The number of fused-ring (bicyclic) bond motifs is 1. The lowest BCUT2D eigenvalue weighted by molar-refractivity contribution is 0.0527. The summed E-state index contributed by atoms with van der Waals surface area (Å²) < 4.78 is 15.8. The lowest BCUT2D eigenvalue weighted by atomic mass is 10.2. The Morgan fingerprint density at radius 3 is 2.86 bits per heavy atom. The van der Waals surface area contributed by atoms with Gasteiger partial charge in [0.2, 0.25) is 12.7 Å². The molecule has 1 aliphatic heterocycles. The second kappa shape index (κ2) is 7.83. The summed E-state index contributed by atoms with van der Waals surface area (Å²) in [4.78, 5) is 20.8. The van der Waals surface area contributed by atoms with Gasteiger partial charge in [0, 0.05) is 18.0 Å². The van der Waals surface area contributed by atoms with E-state index in [2.05, 4.69) is 20.6 Å². The molecule has 2 N–H and O–H groups in total. The quantitative estimate of drug-likeness (QED) is 0.624. The molecule has 0 unspecified atom stereocenters. The molecule has 8 nitrogen and oxygen atoms in total. The van der Waals surface area contributed by atoms with E-state index >= 15 is 0 Å². The molecule has 1 aliphatic rings. The molecule has 0 bridgehead atoms. The Kier molecular flexibility index (Phi) is 4.92. The third-order valence-electron chi connectivity index (χ3n) is 3.97. The maximum atomic E-state index is 12.1. The first-order valence-electron chi connectivity index (χ1n) is 8.76. The van der Waals surface area contributed by atoms with Crippen molar-refractivity contribution in [2.75, 3.05) is 24.0 Å². The second-order valence-electron chi connectivity index (χ2n) is 5.85. The van der Waals surface area contributed by atoms with Gasteiger partial charge in [0.05, 0.1) is 17.9 Å². The largest absolute Gasteiger partial charge is 0.462 e. The Labute approximate surface area is 161 Å². The Morgan fingerprint density at radius 2 is 1.96 bits per heavy atom. The van der Waals surface area contributed by atoms with Gasteiger partial charge in [0.15, 0.2) is 11.5 Å². The zero-order chi connectivity index (χ0) is 19.3. The fraction of sp³-hybridized carbons (Fsp3) is 0.150. The molecule has 2 heterocycles. The summed E-state index contributed by atoms with van der Waals surface area (Å²) in [5.41, 5.74) is 1.80. The lowest BCUT2D eigenvalue weighted by Crippen LogP contribution is -2.09. The zero-order valence-corrected chi connectivity index (χ0v) is 15.1. The highest BCUT2D eigenvalue weighted by atomic mass is 16.7. The highest BCUT2D eigenvalue weighted by Gasteiger charge is 2.14. The molecule has 1 aromatic heterocycles. The van der Waals surface area contributed by atoms with E-state index in [4.69, 9.17) is 14.2 Å². The van der Waals surface area contributed by atoms with Gasteiger partial charge < -0.3 is 24.8 Å². The number of carbonyl (C=O) groups is 1. The van der Waals surface area contributed by atoms with Gasteiger partial charge in [-0.1, -0.05) is 12.1 Å². The van der Waals surface area contributed by atoms with Gasteiger partial charge in [-0.25, -0.2) is 9.78 Å². The predicted octanol–water partition coefficient (Wildman–Crippen LogP) is 3.87. The number of hydrogen-bond acceptors (Lipinski definition) is 8. The number of anilines is 4. The van der Waals surface area contributed by atoms with Crippen LogP contribution in [-0.4, -0.2) is 29.3 Å². The van der Waals surface area contributed by atoms with Crippen molar-refractivity contribution in [2.24, 2.45) is 0 Å². The molecule has 4 rings (SSSR count). The fourth-order valence-electron chi connectivity index (χ4n) is 2.71. The van der Waals surface area contributed by atoms with Crippen LogP contribution in [0.2, 0.25) is 0 Å². The summed E-state index contributed by atoms with van der Waals surface area (Å²) in [6.45, 7) is 2.29. The van der Waals surface area contributed by atoms with Crippen LogP contribution in [0.5, 0.6) is 11.5 Å². The Bertz CT molecular complexity index is 1010. The lowest BCUT2D eigenvalue weighted by Gasteiger charge is -2.11. The maximum Gasteiger partial charge on any atom is 0.340 e. The monoisotopic (exact) mass is 378 g/mol. The SMILES string of the molecule is CCOC(=O)c1ccccc1Nc1nccc(Nc2ccc3c(c2)OCO3)n1. The molecular formula is C20H18N4O4. The number of nitrogens with zero attached hydrogens (tertiary/aromatic N) is 2. The number of rotatable bonds is 6. The number of carbonyl (C=O) groups excluding carboxylic acids is 1. The van der Waals surface area contributed by atoms with Crippen molar-refractivity contribution in [1.29, 1.82) is 0 Å². The summed E-state index contributed by atoms with van der Waals surface area (Å²) in [5.74, 6) is 1.93. The minimum absolute atomic E-state index is 0.222. The Morgan fingerprint density at radius 1 is 1.11 bits per heavy atom. The molecule has 0 fully saturated rings. The van der Waals surface area contributed by atoms with Crippen LogP contribution in [0, 0.1) is 0 Å². The topological polar surface area (TPSA) is 94.6 Å². The average Bonchev–Trinajstić information content (AvgIpc) is 3.17. The van der Waals surface area contributed by atoms with Crippen LogP contribution in [0.25, 0.3) is 0 Å². The first-order chi connectivity index (χ1) is 13.7. The van der Waals surface area contributed by atoms with Crippen molar-refractivity contribution in [3.63, 3.8) is 0 Å². The van der Waals surface area contributed by atoms with Gasteiger partial charge in [-0.2, -0.15) is 4.98 Å². The van der Waals surface area contributed by atoms with Crippen molar-refractivity contribution < 1.29 is 19.0 Å². The van der Waals surface area contributed by atoms with Gasteiger partial charge >= 0.3 is 5.97 Å². The van der Waals surface area contributed by atoms with Crippen LogP contribution in [0.15, 0.2) is 54.7 Å². The summed E-state index contributed by atoms with van der Waals surface area (Å²) in [6, 6.07) is 14.3. The van der Waals surface area contributed by atoms with Crippen LogP contribution in [-0.2, 0) is 4.74 Å².